The lowest BCUT2D eigenvalue weighted by Gasteiger charge is -2.07. The van der Waals surface area contributed by atoms with Crippen LogP contribution in [0.5, 0.6) is 5.75 Å². The fourth-order valence-corrected chi connectivity index (χ4v) is 2.49. The highest BCUT2D eigenvalue weighted by molar-refractivity contribution is 5.75. The summed E-state index contributed by atoms with van der Waals surface area (Å²) in [6, 6.07) is 7.79. The van der Waals surface area contributed by atoms with Gasteiger partial charge >= 0.3 is 0 Å². The Bertz CT molecular complexity index is 534. The predicted molar refractivity (Wildman–Crippen MR) is 76.5 cm³/mol. The lowest BCUT2D eigenvalue weighted by atomic mass is 10.0. The van der Waals surface area contributed by atoms with Crippen LogP contribution in [0.25, 0.3) is 0 Å². The number of carbonyl (C=O) groups is 1. The van der Waals surface area contributed by atoms with E-state index in [1.54, 1.807) is 13.2 Å². The molecule has 1 aliphatic carbocycles. The maximum atomic E-state index is 11.5. The van der Waals surface area contributed by atoms with E-state index in [1.807, 2.05) is 19.1 Å². The van der Waals surface area contributed by atoms with Gasteiger partial charge < -0.3 is 10.1 Å². The smallest absolute Gasteiger partial charge is 0.219 e. The molecule has 4 heteroatoms. The molecule has 1 aromatic carbocycles. The number of ether oxygens (including phenoxy) is 1. The van der Waals surface area contributed by atoms with E-state index in [0.717, 1.165) is 24.2 Å². The minimum absolute atomic E-state index is 0.115. The van der Waals surface area contributed by atoms with Crippen molar-refractivity contribution in [3.63, 3.8) is 0 Å². The van der Waals surface area contributed by atoms with Crippen molar-refractivity contribution in [2.75, 3.05) is 13.7 Å². The van der Waals surface area contributed by atoms with Gasteiger partial charge in [0, 0.05) is 13.0 Å². The summed E-state index contributed by atoms with van der Waals surface area (Å²) in [4.78, 5) is 11.5. The Kier molecular flexibility index (Phi) is 4.62. The Hall–Kier alpha value is -2.02. The van der Waals surface area contributed by atoms with Crippen molar-refractivity contribution in [3.05, 3.63) is 29.3 Å². The molecule has 0 heterocycles. The normalized spacial score (nSPS) is 20.1. The van der Waals surface area contributed by atoms with Gasteiger partial charge in [0.25, 0.3) is 0 Å². The van der Waals surface area contributed by atoms with Crippen LogP contribution in [0, 0.1) is 17.2 Å². The zero-order chi connectivity index (χ0) is 14.5. The fraction of sp³-hybridized carbons (Fsp3) is 0.500. The summed E-state index contributed by atoms with van der Waals surface area (Å²) in [7, 11) is 1.63. The summed E-state index contributed by atoms with van der Waals surface area (Å²) in [5.41, 5.74) is 1.75. The van der Waals surface area contributed by atoms with Gasteiger partial charge in [-0.1, -0.05) is 6.92 Å². The number of benzene rings is 1. The summed E-state index contributed by atoms with van der Waals surface area (Å²) < 4.78 is 5.22. The molecule has 0 unspecified atom stereocenters. The fourth-order valence-electron chi connectivity index (χ4n) is 2.49. The second-order valence-electron chi connectivity index (χ2n) is 5.22. The van der Waals surface area contributed by atoms with E-state index < -0.39 is 0 Å². The Morgan fingerprint density at radius 1 is 1.55 bits per heavy atom. The average molecular weight is 272 g/mol. The highest BCUT2D eigenvalue weighted by Crippen LogP contribution is 2.48. The van der Waals surface area contributed by atoms with Gasteiger partial charge in [0.1, 0.15) is 5.75 Å². The van der Waals surface area contributed by atoms with E-state index in [9.17, 15) is 10.1 Å². The first-order valence-electron chi connectivity index (χ1n) is 7.04. The van der Waals surface area contributed by atoms with Crippen molar-refractivity contribution in [2.45, 2.75) is 32.1 Å². The van der Waals surface area contributed by atoms with E-state index in [2.05, 4.69) is 11.4 Å². The molecule has 4 nitrogen and oxygen atoms in total. The number of nitrogens with one attached hydrogen (secondary N) is 1. The Labute approximate surface area is 119 Å². The Balaban J connectivity index is 1.97. The van der Waals surface area contributed by atoms with Crippen LogP contribution >= 0.6 is 0 Å². The number of carbonyl (C=O) groups excluding carboxylic acids is 1. The number of rotatable bonds is 6. The zero-order valence-corrected chi connectivity index (χ0v) is 12.0. The highest BCUT2D eigenvalue weighted by atomic mass is 16.5. The third kappa shape index (κ3) is 3.30. The van der Waals surface area contributed by atoms with Crippen molar-refractivity contribution in [1.82, 2.24) is 5.32 Å². The first kappa shape index (κ1) is 14.4. The van der Waals surface area contributed by atoms with Gasteiger partial charge in [-0.05, 0) is 48.4 Å². The molecular weight excluding hydrogens is 252 g/mol. The number of nitrogens with zero attached hydrogens (tertiary/aromatic N) is 1. The molecular formula is C16H20N2O2. The summed E-state index contributed by atoms with van der Waals surface area (Å²) in [5, 5.41) is 12.1. The molecule has 0 bridgehead atoms. The van der Waals surface area contributed by atoms with Crippen LogP contribution < -0.4 is 10.1 Å². The number of hydrogen-bond donors (Lipinski definition) is 1. The summed E-state index contributed by atoms with van der Waals surface area (Å²) in [6.07, 6.45) is 2.47. The van der Waals surface area contributed by atoms with Crippen LogP contribution in [-0.4, -0.2) is 19.6 Å². The van der Waals surface area contributed by atoms with E-state index in [4.69, 9.17) is 4.74 Å². The number of methoxy groups -OCH3 is 1. The monoisotopic (exact) mass is 272 g/mol. The van der Waals surface area contributed by atoms with Crippen LogP contribution in [0.4, 0.5) is 0 Å². The summed E-state index contributed by atoms with van der Waals surface area (Å²) >= 11 is 0. The summed E-state index contributed by atoms with van der Waals surface area (Å²) in [6.45, 7) is 2.69. The van der Waals surface area contributed by atoms with Gasteiger partial charge in [0.15, 0.2) is 0 Å². The molecule has 2 rings (SSSR count). The number of amides is 1. The van der Waals surface area contributed by atoms with Crippen LogP contribution in [-0.2, 0) is 4.79 Å². The number of nitriles is 1. The van der Waals surface area contributed by atoms with Gasteiger partial charge in [-0.25, -0.2) is 0 Å². The van der Waals surface area contributed by atoms with Gasteiger partial charge in [-0.3, -0.25) is 4.79 Å². The Morgan fingerprint density at radius 3 is 3.00 bits per heavy atom. The average Bonchev–Trinajstić information content (AvgIpc) is 3.24. The Morgan fingerprint density at radius 2 is 2.35 bits per heavy atom. The molecule has 0 radical (unpaired) electrons. The second-order valence-corrected chi connectivity index (χ2v) is 5.22. The molecule has 1 fully saturated rings. The SMILES string of the molecule is CCCC(=O)NC[C@@H]1C[C@H]1c1cc(OC)ccc1C#N. The minimum atomic E-state index is 0.115. The maximum Gasteiger partial charge on any atom is 0.219 e. The molecule has 0 aromatic heterocycles. The van der Waals surface area contributed by atoms with Crippen molar-refractivity contribution < 1.29 is 9.53 Å². The van der Waals surface area contributed by atoms with E-state index in [1.165, 1.54) is 0 Å². The molecule has 20 heavy (non-hydrogen) atoms. The van der Waals surface area contributed by atoms with Crippen LogP contribution in [0.2, 0.25) is 0 Å². The lowest BCUT2D eigenvalue weighted by molar-refractivity contribution is -0.121. The van der Waals surface area contributed by atoms with E-state index in [0.29, 0.717) is 30.4 Å². The third-order valence-electron chi connectivity index (χ3n) is 3.74. The van der Waals surface area contributed by atoms with Gasteiger partial charge in [-0.2, -0.15) is 5.26 Å². The maximum absolute atomic E-state index is 11.5. The molecule has 2 atom stereocenters. The second kappa shape index (κ2) is 6.42. The van der Waals surface area contributed by atoms with Crippen molar-refractivity contribution in [3.8, 4) is 11.8 Å². The molecule has 1 aromatic rings. The lowest BCUT2D eigenvalue weighted by Crippen LogP contribution is -2.25. The van der Waals surface area contributed by atoms with Gasteiger partial charge in [0.05, 0.1) is 18.7 Å². The molecule has 1 aliphatic rings. The van der Waals surface area contributed by atoms with Crippen molar-refractivity contribution in [1.29, 1.82) is 5.26 Å². The standard InChI is InChI=1S/C16H20N2O2/c1-3-4-16(19)18-10-12-7-14(12)15-8-13(20-2)6-5-11(15)9-17/h5-6,8,12,14H,3-4,7,10H2,1-2H3,(H,18,19)/t12-,14+/m0/s1. The molecule has 1 saturated carbocycles. The first-order valence-corrected chi connectivity index (χ1v) is 7.04. The van der Waals surface area contributed by atoms with E-state index in [-0.39, 0.29) is 5.91 Å². The topological polar surface area (TPSA) is 62.1 Å². The third-order valence-corrected chi connectivity index (χ3v) is 3.74. The quantitative estimate of drug-likeness (QED) is 0.865. The van der Waals surface area contributed by atoms with Crippen LogP contribution in [0.3, 0.4) is 0 Å². The highest BCUT2D eigenvalue weighted by Gasteiger charge is 2.39. The molecule has 1 amide bonds. The molecule has 0 aliphatic heterocycles. The largest absolute Gasteiger partial charge is 0.497 e. The molecule has 1 N–H and O–H groups in total. The minimum Gasteiger partial charge on any atom is -0.497 e. The van der Waals surface area contributed by atoms with Gasteiger partial charge in [-0.15, -0.1) is 0 Å². The summed E-state index contributed by atoms with van der Waals surface area (Å²) in [5.74, 6) is 1.70. The van der Waals surface area contributed by atoms with Crippen molar-refractivity contribution >= 4 is 5.91 Å². The van der Waals surface area contributed by atoms with Crippen LogP contribution in [0.15, 0.2) is 18.2 Å². The van der Waals surface area contributed by atoms with E-state index >= 15 is 0 Å². The van der Waals surface area contributed by atoms with Crippen molar-refractivity contribution in [2.24, 2.45) is 5.92 Å². The zero-order valence-electron chi connectivity index (χ0n) is 12.0. The van der Waals surface area contributed by atoms with Crippen LogP contribution in [0.1, 0.15) is 43.2 Å². The molecule has 0 spiro atoms. The first-order chi connectivity index (χ1) is 9.69. The molecule has 0 saturated heterocycles. The van der Waals surface area contributed by atoms with Gasteiger partial charge in [0.2, 0.25) is 5.91 Å². The number of hydrogen-bond acceptors (Lipinski definition) is 3. The molecule has 106 valence electrons. The predicted octanol–water partition coefficient (Wildman–Crippen LogP) is 2.59.